The highest BCUT2D eigenvalue weighted by molar-refractivity contribution is 5.95. The van der Waals surface area contributed by atoms with E-state index in [2.05, 4.69) is 0 Å². The summed E-state index contributed by atoms with van der Waals surface area (Å²) in [6.45, 7) is -0.561. The molecule has 128 valence electrons. The zero-order valence-electron chi connectivity index (χ0n) is 13.5. The van der Waals surface area contributed by atoms with Gasteiger partial charge < -0.3 is 4.74 Å². The van der Waals surface area contributed by atoms with Crippen molar-refractivity contribution in [2.45, 2.75) is 12.8 Å². The van der Waals surface area contributed by atoms with Crippen LogP contribution in [0.15, 0.2) is 54.6 Å². The number of benzene rings is 2. The first-order valence-electron chi connectivity index (χ1n) is 7.72. The first kappa shape index (κ1) is 18.1. The number of nitriles is 1. The van der Waals surface area contributed by atoms with Gasteiger partial charge in [-0.05, 0) is 36.2 Å². The molecule has 5 nitrogen and oxygen atoms in total. The highest BCUT2D eigenvalue weighted by Gasteiger charge is 2.17. The van der Waals surface area contributed by atoms with Crippen LogP contribution < -0.4 is 4.90 Å². The number of halogens is 1. The highest BCUT2D eigenvalue weighted by Crippen LogP contribution is 2.13. The van der Waals surface area contributed by atoms with Crippen LogP contribution in [0.1, 0.15) is 12.0 Å². The largest absolute Gasteiger partial charge is 0.456 e. The van der Waals surface area contributed by atoms with E-state index in [-0.39, 0.29) is 18.8 Å². The monoisotopic (exact) mass is 340 g/mol. The van der Waals surface area contributed by atoms with E-state index in [1.807, 2.05) is 6.07 Å². The minimum Gasteiger partial charge on any atom is -0.456 e. The van der Waals surface area contributed by atoms with Gasteiger partial charge in [0.25, 0.3) is 5.91 Å². The SMILES string of the molecule is N#CCN(C(=O)COC(=O)CCc1ccc(F)cc1)c1ccccc1. The fraction of sp³-hybridized carbons (Fsp3) is 0.211. The summed E-state index contributed by atoms with van der Waals surface area (Å²) < 4.78 is 17.8. The fourth-order valence-corrected chi connectivity index (χ4v) is 2.19. The van der Waals surface area contributed by atoms with Gasteiger partial charge in [-0.1, -0.05) is 30.3 Å². The zero-order valence-corrected chi connectivity index (χ0v) is 13.5. The molecule has 0 bridgehead atoms. The lowest BCUT2D eigenvalue weighted by Crippen LogP contribution is -2.35. The Hall–Kier alpha value is -3.20. The van der Waals surface area contributed by atoms with Crippen molar-refractivity contribution in [2.24, 2.45) is 0 Å². The Bertz CT molecular complexity index is 754. The number of para-hydroxylation sites is 1. The molecule has 0 aromatic heterocycles. The Morgan fingerprint density at radius 1 is 1.08 bits per heavy atom. The quantitative estimate of drug-likeness (QED) is 0.574. The first-order chi connectivity index (χ1) is 12.1. The number of nitrogens with zero attached hydrogens (tertiary/aromatic N) is 2. The van der Waals surface area contributed by atoms with Gasteiger partial charge in [-0.2, -0.15) is 5.26 Å². The third kappa shape index (κ3) is 5.74. The molecule has 0 unspecified atom stereocenters. The maximum absolute atomic E-state index is 12.8. The van der Waals surface area contributed by atoms with Crippen LogP contribution in [-0.4, -0.2) is 25.0 Å². The lowest BCUT2D eigenvalue weighted by Gasteiger charge is -2.19. The van der Waals surface area contributed by atoms with Gasteiger partial charge in [-0.15, -0.1) is 0 Å². The Morgan fingerprint density at radius 2 is 1.76 bits per heavy atom. The lowest BCUT2D eigenvalue weighted by molar-refractivity contribution is -0.147. The Balaban J connectivity index is 1.84. The van der Waals surface area contributed by atoms with Crippen LogP contribution in [0.3, 0.4) is 0 Å². The summed E-state index contributed by atoms with van der Waals surface area (Å²) in [5.41, 5.74) is 1.37. The van der Waals surface area contributed by atoms with Crippen molar-refractivity contribution in [1.29, 1.82) is 5.26 Å². The van der Waals surface area contributed by atoms with Gasteiger partial charge in [0.2, 0.25) is 0 Å². The molecule has 0 radical (unpaired) electrons. The average Bonchev–Trinajstić information content (AvgIpc) is 2.64. The number of anilines is 1. The molecule has 2 aromatic carbocycles. The zero-order chi connectivity index (χ0) is 18.1. The Labute approximate surface area is 145 Å². The number of hydrogen-bond acceptors (Lipinski definition) is 4. The fourth-order valence-electron chi connectivity index (χ4n) is 2.19. The van der Waals surface area contributed by atoms with Crippen LogP contribution >= 0.6 is 0 Å². The van der Waals surface area contributed by atoms with E-state index in [1.165, 1.54) is 17.0 Å². The van der Waals surface area contributed by atoms with E-state index in [0.717, 1.165) is 5.56 Å². The molecule has 0 aliphatic heterocycles. The summed E-state index contributed by atoms with van der Waals surface area (Å²) >= 11 is 0. The molecular weight excluding hydrogens is 323 g/mol. The topological polar surface area (TPSA) is 70.4 Å². The number of hydrogen-bond donors (Lipinski definition) is 0. The minimum absolute atomic E-state index is 0.0858. The molecule has 0 atom stereocenters. The van der Waals surface area contributed by atoms with Crippen LogP contribution in [-0.2, 0) is 20.7 Å². The first-order valence-corrected chi connectivity index (χ1v) is 7.72. The maximum atomic E-state index is 12.8. The van der Waals surface area contributed by atoms with Crippen LogP contribution in [0.25, 0.3) is 0 Å². The van der Waals surface area contributed by atoms with Gasteiger partial charge in [-0.3, -0.25) is 14.5 Å². The predicted octanol–water partition coefficient (Wildman–Crippen LogP) is 2.86. The molecule has 25 heavy (non-hydrogen) atoms. The molecule has 0 saturated carbocycles. The van der Waals surface area contributed by atoms with E-state index in [9.17, 15) is 14.0 Å². The maximum Gasteiger partial charge on any atom is 0.306 e. The minimum atomic E-state index is -0.525. The van der Waals surface area contributed by atoms with Crippen LogP contribution in [0, 0.1) is 17.1 Å². The number of carbonyl (C=O) groups excluding carboxylic acids is 2. The third-order valence-corrected chi connectivity index (χ3v) is 3.49. The van der Waals surface area contributed by atoms with Crippen molar-refractivity contribution in [2.75, 3.05) is 18.1 Å². The van der Waals surface area contributed by atoms with Crippen molar-refractivity contribution in [1.82, 2.24) is 0 Å². The van der Waals surface area contributed by atoms with Crippen LogP contribution in [0.2, 0.25) is 0 Å². The number of amides is 1. The molecule has 1 amide bonds. The van der Waals surface area contributed by atoms with Crippen LogP contribution in [0.5, 0.6) is 0 Å². The van der Waals surface area contributed by atoms with Gasteiger partial charge in [0.15, 0.2) is 6.61 Å². The number of esters is 1. The van der Waals surface area contributed by atoms with E-state index in [4.69, 9.17) is 10.00 Å². The molecule has 2 rings (SSSR count). The summed E-state index contributed by atoms with van der Waals surface area (Å²) in [6, 6.07) is 16.5. The second-order valence-electron chi connectivity index (χ2n) is 5.26. The average molecular weight is 340 g/mol. The smallest absolute Gasteiger partial charge is 0.306 e. The van der Waals surface area contributed by atoms with Crippen molar-refractivity contribution < 1.29 is 18.7 Å². The van der Waals surface area contributed by atoms with E-state index in [0.29, 0.717) is 12.1 Å². The number of rotatable bonds is 7. The molecule has 0 fully saturated rings. The lowest BCUT2D eigenvalue weighted by atomic mass is 10.1. The molecular formula is C19H17FN2O3. The van der Waals surface area contributed by atoms with Gasteiger partial charge in [0.05, 0.1) is 6.07 Å². The second kappa shape index (κ2) is 9.18. The molecule has 2 aromatic rings. The van der Waals surface area contributed by atoms with Gasteiger partial charge in [0.1, 0.15) is 12.4 Å². The van der Waals surface area contributed by atoms with E-state index >= 15 is 0 Å². The third-order valence-electron chi connectivity index (χ3n) is 3.49. The number of carbonyl (C=O) groups is 2. The highest BCUT2D eigenvalue weighted by atomic mass is 19.1. The Kier molecular flexibility index (Phi) is 6.66. The molecule has 0 aliphatic carbocycles. The second-order valence-corrected chi connectivity index (χ2v) is 5.26. The molecule has 0 aliphatic rings. The van der Waals surface area contributed by atoms with Crippen molar-refractivity contribution in [3.8, 4) is 6.07 Å². The summed E-state index contributed by atoms with van der Waals surface area (Å²) in [5, 5.41) is 8.88. The summed E-state index contributed by atoms with van der Waals surface area (Å²) in [4.78, 5) is 25.2. The molecule has 0 heterocycles. The molecule has 0 N–H and O–H groups in total. The van der Waals surface area contributed by atoms with Crippen molar-refractivity contribution in [3.05, 3.63) is 66.0 Å². The molecule has 6 heteroatoms. The molecule has 0 spiro atoms. The van der Waals surface area contributed by atoms with Gasteiger partial charge in [-0.25, -0.2) is 4.39 Å². The summed E-state index contributed by atoms with van der Waals surface area (Å²) in [5.74, 6) is -1.33. The summed E-state index contributed by atoms with van der Waals surface area (Å²) in [7, 11) is 0. The van der Waals surface area contributed by atoms with Crippen molar-refractivity contribution in [3.63, 3.8) is 0 Å². The number of aryl methyl sites for hydroxylation is 1. The molecule has 0 saturated heterocycles. The summed E-state index contributed by atoms with van der Waals surface area (Å²) in [6.07, 6.45) is 0.483. The normalized spacial score (nSPS) is 9.92. The van der Waals surface area contributed by atoms with E-state index < -0.39 is 18.5 Å². The van der Waals surface area contributed by atoms with Crippen LogP contribution in [0.4, 0.5) is 10.1 Å². The van der Waals surface area contributed by atoms with Gasteiger partial charge in [0, 0.05) is 12.1 Å². The number of ether oxygens (including phenoxy) is 1. The standard InChI is InChI=1S/C19H17FN2O3/c20-16-9-6-15(7-10-16)8-11-19(24)25-14-18(23)22(13-12-21)17-4-2-1-3-5-17/h1-7,9-10H,8,11,13-14H2. The Morgan fingerprint density at radius 3 is 2.40 bits per heavy atom. The van der Waals surface area contributed by atoms with E-state index in [1.54, 1.807) is 42.5 Å². The van der Waals surface area contributed by atoms with Crippen molar-refractivity contribution >= 4 is 17.6 Å². The van der Waals surface area contributed by atoms with Gasteiger partial charge >= 0.3 is 5.97 Å². The predicted molar refractivity (Wildman–Crippen MR) is 90.1 cm³/mol.